The van der Waals surface area contributed by atoms with E-state index < -0.39 is 29.0 Å². The molecule has 0 aliphatic carbocycles. The molecule has 0 saturated carbocycles. The summed E-state index contributed by atoms with van der Waals surface area (Å²) in [5.41, 5.74) is 9.77. The van der Waals surface area contributed by atoms with Crippen LogP contribution in [0.25, 0.3) is 0 Å². The van der Waals surface area contributed by atoms with Crippen LogP contribution in [0.15, 0.2) is 64.5 Å². The maximum atomic E-state index is 13.9. The monoisotopic (exact) mass is 518 g/mol. The number of rotatable bonds is 6. The van der Waals surface area contributed by atoms with Crippen LogP contribution in [0, 0.1) is 25.2 Å². The van der Waals surface area contributed by atoms with E-state index in [2.05, 4.69) is 11.4 Å². The number of nitriles is 1. The van der Waals surface area contributed by atoms with E-state index in [9.17, 15) is 19.6 Å². The summed E-state index contributed by atoms with van der Waals surface area (Å²) in [6.45, 7) is 3.84. The summed E-state index contributed by atoms with van der Waals surface area (Å²) in [6.07, 6.45) is -0.200. The summed E-state index contributed by atoms with van der Waals surface area (Å²) >= 11 is 1.07. The number of benzene rings is 2. The number of carbonyl (C=O) groups is 3. The molecule has 1 fully saturated rings. The summed E-state index contributed by atoms with van der Waals surface area (Å²) in [5, 5.41) is 12.5. The maximum absolute atomic E-state index is 13.9. The molecule has 2 aromatic rings. The second-order valence-electron chi connectivity index (χ2n) is 8.67. The highest BCUT2D eigenvalue weighted by molar-refractivity contribution is 8.04. The van der Waals surface area contributed by atoms with Gasteiger partial charge in [-0.15, -0.1) is 0 Å². The highest BCUT2D eigenvalue weighted by Crippen LogP contribution is 2.50. The number of esters is 1. The third-order valence-electron chi connectivity index (χ3n) is 6.30. The Balaban J connectivity index is 1.88. The smallest absolute Gasteiger partial charge is 0.307 e. The first-order valence-corrected chi connectivity index (χ1v) is 12.3. The van der Waals surface area contributed by atoms with Gasteiger partial charge in [-0.1, -0.05) is 41.6 Å². The Kier molecular flexibility index (Phi) is 7.27. The van der Waals surface area contributed by atoms with Crippen molar-refractivity contribution in [3.05, 3.63) is 81.2 Å². The number of aryl methyl sites for hydroxylation is 2. The van der Waals surface area contributed by atoms with Crippen molar-refractivity contribution in [2.45, 2.75) is 31.4 Å². The maximum Gasteiger partial charge on any atom is 0.307 e. The van der Waals surface area contributed by atoms with E-state index in [4.69, 9.17) is 15.2 Å². The van der Waals surface area contributed by atoms with E-state index in [1.807, 2.05) is 26.0 Å². The largest absolute Gasteiger partial charge is 0.497 e. The predicted octanol–water partition coefficient (Wildman–Crippen LogP) is 3.46. The van der Waals surface area contributed by atoms with Crippen molar-refractivity contribution in [1.82, 2.24) is 4.90 Å². The lowest BCUT2D eigenvalue weighted by Crippen LogP contribution is -2.39. The molecular formula is C27H26N4O5S. The zero-order valence-corrected chi connectivity index (χ0v) is 21.6. The molecule has 0 bridgehead atoms. The standard InChI is InChI=1S/C27H26N4O5S/c1-14-5-10-19(15(2)11-14)30-25(33)23-22(16-6-8-17(35-3)9-7-16)18(13-28)24(29)31-26(34)20(37-27(23)31)12-21(32)36-4/h5-11,20,22H,12,29H2,1-4H3,(H,30,33)/t20-,22+/m0/s1. The van der Waals surface area contributed by atoms with Crippen LogP contribution in [0.3, 0.4) is 0 Å². The summed E-state index contributed by atoms with van der Waals surface area (Å²) in [4.78, 5) is 40.4. The third-order valence-corrected chi connectivity index (χ3v) is 7.58. The molecule has 2 aromatic carbocycles. The molecule has 190 valence electrons. The van der Waals surface area contributed by atoms with Gasteiger partial charge in [0.15, 0.2) is 0 Å². The lowest BCUT2D eigenvalue weighted by atomic mass is 9.82. The van der Waals surface area contributed by atoms with Crippen molar-refractivity contribution in [3.63, 3.8) is 0 Å². The van der Waals surface area contributed by atoms with Gasteiger partial charge >= 0.3 is 5.97 Å². The number of fused-ring (bicyclic) bond motifs is 1. The zero-order chi connectivity index (χ0) is 26.9. The molecule has 0 unspecified atom stereocenters. The van der Waals surface area contributed by atoms with Crippen molar-refractivity contribution < 1.29 is 23.9 Å². The van der Waals surface area contributed by atoms with E-state index in [1.165, 1.54) is 12.0 Å². The van der Waals surface area contributed by atoms with Gasteiger partial charge in [0.2, 0.25) is 5.91 Å². The summed E-state index contributed by atoms with van der Waals surface area (Å²) in [6, 6.07) is 14.7. The molecule has 4 rings (SSSR count). The Morgan fingerprint density at radius 3 is 2.46 bits per heavy atom. The van der Waals surface area contributed by atoms with Gasteiger partial charge in [-0.25, -0.2) is 0 Å². The lowest BCUT2D eigenvalue weighted by molar-refractivity contribution is -0.142. The van der Waals surface area contributed by atoms with E-state index in [0.717, 1.165) is 22.9 Å². The van der Waals surface area contributed by atoms with Crippen LogP contribution in [-0.2, 0) is 19.1 Å². The molecule has 0 spiro atoms. The van der Waals surface area contributed by atoms with Crippen LogP contribution in [-0.4, -0.2) is 42.2 Å². The van der Waals surface area contributed by atoms with E-state index in [0.29, 0.717) is 22.0 Å². The molecular weight excluding hydrogens is 492 g/mol. The average Bonchev–Trinajstić information content (AvgIpc) is 3.20. The Morgan fingerprint density at radius 2 is 1.86 bits per heavy atom. The molecule has 37 heavy (non-hydrogen) atoms. The minimum absolute atomic E-state index is 0.0624. The van der Waals surface area contributed by atoms with Gasteiger partial charge in [0.05, 0.1) is 48.8 Å². The normalized spacial score (nSPS) is 18.9. The minimum Gasteiger partial charge on any atom is -0.497 e. The number of amides is 2. The van der Waals surface area contributed by atoms with Gasteiger partial charge in [-0.2, -0.15) is 5.26 Å². The molecule has 2 heterocycles. The van der Waals surface area contributed by atoms with Crippen LogP contribution < -0.4 is 15.8 Å². The Hall–Kier alpha value is -4.23. The number of hydrogen-bond donors (Lipinski definition) is 2. The molecule has 2 aliphatic heterocycles. The Labute approximate surface area is 218 Å². The molecule has 2 amide bonds. The number of nitrogens with one attached hydrogen (secondary N) is 1. The fraction of sp³-hybridized carbons (Fsp3) is 0.259. The van der Waals surface area contributed by atoms with E-state index >= 15 is 0 Å². The number of allylic oxidation sites excluding steroid dienone is 1. The van der Waals surface area contributed by atoms with Crippen molar-refractivity contribution >= 4 is 35.2 Å². The summed E-state index contributed by atoms with van der Waals surface area (Å²) in [7, 11) is 2.78. The number of anilines is 1. The van der Waals surface area contributed by atoms with Crippen LogP contribution >= 0.6 is 11.8 Å². The number of nitrogens with two attached hydrogens (primary N) is 1. The fourth-order valence-electron chi connectivity index (χ4n) is 4.42. The topological polar surface area (TPSA) is 135 Å². The van der Waals surface area contributed by atoms with Gasteiger partial charge in [0.25, 0.3) is 5.91 Å². The van der Waals surface area contributed by atoms with Crippen molar-refractivity contribution in [3.8, 4) is 11.8 Å². The van der Waals surface area contributed by atoms with Crippen LogP contribution in [0.5, 0.6) is 5.75 Å². The molecule has 9 nitrogen and oxygen atoms in total. The van der Waals surface area contributed by atoms with Crippen LogP contribution in [0.4, 0.5) is 5.69 Å². The predicted molar refractivity (Wildman–Crippen MR) is 139 cm³/mol. The average molecular weight is 519 g/mol. The molecule has 1 saturated heterocycles. The van der Waals surface area contributed by atoms with Crippen molar-refractivity contribution in [1.29, 1.82) is 5.26 Å². The second-order valence-corrected chi connectivity index (χ2v) is 9.86. The van der Waals surface area contributed by atoms with Crippen molar-refractivity contribution in [2.75, 3.05) is 19.5 Å². The number of nitrogens with zero attached hydrogens (tertiary/aromatic N) is 2. The SMILES string of the molecule is COC(=O)C[C@@H]1SC2=C(C(=O)Nc3ccc(C)cc3C)[C@H](c3ccc(OC)cc3)C(C#N)=C(N)N2C1=O. The second kappa shape index (κ2) is 10.4. The molecule has 2 aliphatic rings. The quantitative estimate of drug-likeness (QED) is 0.555. The zero-order valence-electron chi connectivity index (χ0n) is 20.8. The Bertz CT molecular complexity index is 1390. The first-order chi connectivity index (χ1) is 17.7. The number of methoxy groups -OCH3 is 2. The van der Waals surface area contributed by atoms with Gasteiger partial charge in [0.1, 0.15) is 16.8 Å². The number of carbonyl (C=O) groups excluding carboxylic acids is 3. The van der Waals surface area contributed by atoms with Crippen molar-refractivity contribution in [2.24, 2.45) is 5.73 Å². The molecule has 0 radical (unpaired) electrons. The molecule has 0 aromatic heterocycles. The summed E-state index contributed by atoms with van der Waals surface area (Å²) < 4.78 is 10.0. The van der Waals surface area contributed by atoms with Gasteiger partial charge in [-0.05, 0) is 43.2 Å². The Morgan fingerprint density at radius 1 is 1.16 bits per heavy atom. The number of thioether (sulfide) groups is 1. The first kappa shape index (κ1) is 25.9. The third kappa shape index (κ3) is 4.78. The molecule has 2 atom stereocenters. The van der Waals surface area contributed by atoms with E-state index in [-0.39, 0.29) is 23.4 Å². The number of ether oxygens (including phenoxy) is 2. The fourth-order valence-corrected chi connectivity index (χ4v) is 5.74. The summed E-state index contributed by atoms with van der Waals surface area (Å²) in [5.74, 6) is -1.83. The lowest BCUT2D eigenvalue weighted by Gasteiger charge is -2.32. The van der Waals surface area contributed by atoms with Gasteiger partial charge < -0.3 is 20.5 Å². The molecule has 3 N–H and O–H groups in total. The number of hydrogen-bond acceptors (Lipinski definition) is 8. The molecule has 10 heteroatoms. The van der Waals surface area contributed by atoms with Crippen LogP contribution in [0.2, 0.25) is 0 Å². The minimum atomic E-state index is -0.848. The van der Waals surface area contributed by atoms with E-state index in [1.54, 1.807) is 37.4 Å². The van der Waals surface area contributed by atoms with Gasteiger partial charge in [-0.3, -0.25) is 19.3 Å². The highest BCUT2D eigenvalue weighted by atomic mass is 32.2. The highest BCUT2D eigenvalue weighted by Gasteiger charge is 2.48. The van der Waals surface area contributed by atoms with Gasteiger partial charge in [0, 0.05) is 5.69 Å². The van der Waals surface area contributed by atoms with Crippen LogP contribution in [0.1, 0.15) is 29.0 Å². The first-order valence-electron chi connectivity index (χ1n) is 11.4.